The molecule has 3 aromatic rings. The molecule has 0 bridgehead atoms. The van der Waals surface area contributed by atoms with E-state index >= 15 is 0 Å². The van der Waals surface area contributed by atoms with Gasteiger partial charge in [-0.2, -0.15) is 4.98 Å². The van der Waals surface area contributed by atoms with Gasteiger partial charge in [0, 0.05) is 17.4 Å². The number of carboxylic acid groups (broad SMARTS) is 1. The van der Waals surface area contributed by atoms with Gasteiger partial charge in [-0.15, -0.1) is 0 Å². The molecule has 0 spiro atoms. The highest BCUT2D eigenvalue weighted by Crippen LogP contribution is 2.23. The zero-order valence-electron chi connectivity index (χ0n) is 13.6. The van der Waals surface area contributed by atoms with Crippen molar-refractivity contribution in [2.45, 2.75) is 6.92 Å². The average molecular weight is 356 g/mol. The number of aromatic carboxylic acids is 1. The SMILES string of the molecule is Cc1cc(Nc2ccc(C(=O)O)cc2)nc(Nc2c(F)cccc2F)n1. The van der Waals surface area contributed by atoms with Crippen LogP contribution in [0.1, 0.15) is 16.1 Å². The van der Waals surface area contributed by atoms with Crippen LogP contribution in [0.2, 0.25) is 0 Å². The molecule has 0 saturated heterocycles. The van der Waals surface area contributed by atoms with Crippen molar-refractivity contribution < 1.29 is 18.7 Å². The minimum atomic E-state index is -1.02. The minimum Gasteiger partial charge on any atom is -0.478 e. The predicted molar refractivity (Wildman–Crippen MR) is 93.1 cm³/mol. The smallest absolute Gasteiger partial charge is 0.335 e. The summed E-state index contributed by atoms with van der Waals surface area (Å²) in [5.74, 6) is -2.12. The van der Waals surface area contributed by atoms with Gasteiger partial charge in [-0.05, 0) is 43.3 Å². The van der Waals surface area contributed by atoms with Crippen molar-refractivity contribution in [3.8, 4) is 0 Å². The van der Waals surface area contributed by atoms with Gasteiger partial charge in [-0.3, -0.25) is 0 Å². The number of anilines is 4. The maximum atomic E-state index is 13.8. The first kappa shape index (κ1) is 17.3. The van der Waals surface area contributed by atoms with Gasteiger partial charge in [-0.1, -0.05) is 6.07 Å². The number of aryl methyl sites for hydroxylation is 1. The van der Waals surface area contributed by atoms with Gasteiger partial charge in [0.1, 0.15) is 23.1 Å². The lowest BCUT2D eigenvalue weighted by atomic mass is 10.2. The van der Waals surface area contributed by atoms with E-state index in [0.29, 0.717) is 17.2 Å². The van der Waals surface area contributed by atoms with E-state index in [9.17, 15) is 13.6 Å². The molecule has 1 heterocycles. The number of carbonyl (C=O) groups is 1. The van der Waals surface area contributed by atoms with Crippen molar-refractivity contribution in [3.63, 3.8) is 0 Å². The second-order valence-electron chi connectivity index (χ2n) is 5.45. The van der Waals surface area contributed by atoms with E-state index in [2.05, 4.69) is 20.6 Å². The zero-order valence-corrected chi connectivity index (χ0v) is 13.6. The fourth-order valence-electron chi connectivity index (χ4n) is 2.26. The van der Waals surface area contributed by atoms with Gasteiger partial charge >= 0.3 is 5.97 Å². The Hall–Kier alpha value is -3.55. The first-order chi connectivity index (χ1) is 12.4. The van der Waals surface area contributed by atoms with Crippen LogP contribution in [0.15, 0.2) is 48.5 Å². The number of carboxylic acids is 1. The summed E-state index contributed by atoms with van der Waals surface area (Å²) in [6.45, 7) is 1.71. The summed E-state index contributed by atoms with van der Waals surface area (Å²) in [5.41, 5.74) is 1.00. The fraction of sp³-hybridized carbons (Fsp3) is 0.0556. The standard InChI is InChI=1S/C18H14F2N4O2/c1-10-9-15(22-12-7-5-11(6-8-12)17(25)26)23-18(21-10)24-16-13(19)3-2-4-14(16)20/h2-9H,1H3,(H,25,26)(H2,21,22,23,24). The highest BCUT2D eigenvalue weighted by atomic mass is 19.1. The lowest BCUT2D eigenvalue weighted by molar-refractivity contribution is 0.0697. The van der Waals surface area contributed by atoms with Gasteiger partial charge in [0.25, 0.3) is 0 Å². The molecule has 0 saturated carbocycles. The molecular formula is C18H14F2N4O2. The Labute approximate surface area is 147 Å². The molecule has 3 N–H and O–H groups in total. The van der Waals surface area contributed by atoms with Crippen LogP contribution in [0.3, 0.4) is 0 Å². The summed E-state index contributed by atoms with van der Waals surface area (Å²) >= 11 is 0. The highest BCUT2D eigenvalue weighted by molar-refractivity contribution is 5.88. The summed E-state index contributed by atoms with van der Waals surface area (Å²) < 4.78 is 27.5. The molecule has 0 fully saturated rings. The molecular weight excluding hydrogens is 342 g/mol. The summed E-state index contributed by atoms with van der Waals surface area (Å²) in [6, 6.07) is 11.2. The minimum absolute atomic E-state index is 0.0265. The maximum absolute atomic E-state index is 13.8. The van der Waals surface area contributed by atoms with E-state index in [-0.39, 0.29) is 17.2 Å². The van der Waals surface area contributed by atoms with Crippen molar-refractivity contribution in [2.24, 2.45) is 0 Å². The molecule has 26 heavy (non-hydrogen) atoms. The van der Waals surface area contributed by atoms with Gasteiger partial charge < -0.3 is 15.7 Å². The molecule has 2 aromatic carbocycles. The molecule has 0 atom stereocenters. The number of nitrogens with zero attached hydrogens (tertiary/aromatic N) is 2. The van der Waals surface area contributed by atoms with E-state index in [1.165, 1.54) is 18.2 Å². The van der Waals surface area contributed by atoms with E-state index in [1.54, 1.807) is 25.1 Å². The molecule has 0 aliphatic rings. The van der Waals surface area contributed by atoms with E-state index in [0.717, 1.165) is 12.1 Å². The number of hydrogen-bond acceptors (Lipinski definition) is 5. The van der Waals surface area contributed by atoms with Crippen molar-refractivity contribution in [2.75, 3.05) is 10.6 Å². The quantitative estimate of drug-likeness (QED) is 0.634. The van der Waals surface area contributed by atoms with Crippen LogP contribution in [0.25, 0.3) is 0 Å². The van der Waals surface area contributed by atoms with Crippen LogP contribution in [0.5, 0.6) is 0 Å². The number of benzene rings is 2. The highest BCUT2D eigenvalue weighted by Gasteiger charge is 2.11. The summed E-state index contributed by atoms with van der Waals surface area (Å²) in [5, 5.41) is 14.4. The molecule has 0 aliphatic carbocycles. The lowest BCUT2D eigenvalue weighted by Gasteiger charge is -2.11. The molecule has 0 radical (unpaired) electrons. The third kappa shape index (κ3) is 3.92. The van der Waals surface area contributed by atoms with Crippen LogP contribution < -0.4 is 10.6 Å². The Morgan fingerprint density at radius 3 is 2.27 bits per heavy atom. The Morgan fingerprint density at radius 2 is 1.65 bits per heavy atom. The first-order valence-corrected chi connectivity index (χ1v) is 7.59. The van der Waals surface area contributed by atoms with Gasteiger partial charge in [0.2, 0.25) is 5.95 Å². The van der Waals surface area contributed by atoms with Crippen LogP contribution in [-0.2, 0) is 0 Å². The molecule has 8 heteroatoms. The third-order valence-corrected chi connectivity index (χ3v) is 3.46. The lowest BCUT2D eigenvalue weighted by Crippen LogP contribution is -2.05. The van der Waals surface area contributed by atoms with E-state index in [1.807, 2.05) is 0 Å². The van der Waals surface area contributed by atoms with Crippen LogP contribution in [0.4, 0.5) is 31.9 Å². The van der Waals surface area contributed by atoms with Crippen molar-refractivity contribution >= 4 is 29.1 Å². The summed E-state index contributed by atoms with van der Waals surface area (Å²) in [6.07, 6.45) is 0. The Morgan fingerprint density at radius 1 is 1.00 bits per heavy atom. The van der Waals surface area contributed by atoms with Gasteiger partial charge in [0.15, 0.2) is 0 Å². The molecule has 1 aromatic heterocycles. The average Bonchev–Trinajstić information content (AvgIpc) is 2.58. The van der Waals surface area contributed by atoms with Crippen molar-refractivity contribution in [1.82, 2.24) is 9.97 Å². The number of para-hydroxylation sites is 1. The normalized spacial score (nSPS) is 10.4. The topological polar surface area (TPSA) is 87.1 Å². The number of aromatic nitrogens is 2. The number of halogens is 2. The molecule has 0 unspecified atom stereocenters. The summed E-state index contributed by atoms with van der Waals surface area (Å²) in [7, 11) is 0. The van der Waals surface area contributed by atoms with Crippen LogP contribution in [0, 0.1) is 18.6 Å². The Bertz CT molecular complexity index is 942. The Balaban J connectivity index is 1.84. The fourth-order valence-corrected chi connectivity index (χ4v) is 2.26. The monoisotopic (exact) mass is 356 g/mol. The molecule has 0 aliphatic heterocycles. The van der Waals surface area contributed by atoms with Crippen molar-refractivity contribution in [3.05, 3.63) is 71.4 Å². The predicted octanol–water partition coefficient (Wildman–Crippen LogP) is 4.25. The van der Waals surface area contributed by atoms with Crippen LogP contribution in [-0.4, -0.2) is 21.0 Å². The van der Waals surface area contributed by atoms with E-state index < -0.39 is 17.6 Å². The van der Waals surface area contributed by atoms with Crippen LogP contribution >= 0.6 is 0 Å². The van der Waals surface area contributed by atoms with Gasteiger partial charge in [-0.25, -0.2) is 18.6 Å². The third-order valence-electron chi connectivity index (χ3n) is 3.46. The van der Waals surface area contributed by atoms with E-state index in [4.69, 9.17) is 5.11 Å². The Kier molecular flexibility index (Phi) is 4.74. The van der Waals surface area contributed by atoms with Gasteiger partial charge in [0.05, 0.1) is 5.56 Å². The number of hydrogen-bond donors (Lipinski definition) is 3. The number of nitrogens with one attached hydrogen (secondary N) is 2. The maximum Gasteiger partial charge on any atom is 0.335 e. The summed E-state index contributed by atoms with van der Waals surface area (Å²) in [4.78, 5) is 19.2. The zero-order chi connectivity index (χ0) is 18.7. The molecule has 132 valence electrons. The molecule has 6 nitrogen and oxygen atoms in total. The molecule has 0 amide bonds. The second kappa shape index (κ2) is 7.14. The molecule has 3 rings (SSSR count). The number of rotatable bonds is 5. The van der Waals surface area contributed by atoms with Crippen molar-refractivity contribution in [1.29, 1.82) is 0 Å². The first-order valence-electron chi connectivity index (χ1n) is 7.59. The second-order valence-corrected chi connectivity index (χ2v) is 5.45. The largest absolute Gasteiger partial charge is 0.478 e.